The Bertz CT molecular complexity index is 1290. The Labute approximate surface area is 184 Å². The van der Waals surface area contributed by atoms with E-state index in [1.165, 1.54) is 22.3 Å². The molecule has 0 saturated heterocycles. The van der Waals surface area contributed by atoms with Gasteiger partial charge in [-0.3, -0.25) is 9.97 Å². The fourth-order valence-electron chi connectivity index (χ4n) is 4.82. The monoisotopic (exact) mass is 400 g/mol. The van der Waals surface area contributed by atoms with Gasteiger partial charge in [0, 0.05) is 28.9 Å². The molecule has 0 amide bonds. The Morgan fingerprint density at radius 2 is 1.39 bits per heavy atom. The van der Waals surface area contributed by atoms with E-state index >= 15 is 0 Å². The van der Waals surface area contributed by atoms with Crippen molar-refractivity contribution in [3.05, 3.63) is 107 Å². The molecule has 0 unspecified atom stereocenters. The van der Waals surface area contributed by atoms with Crippen LogP contribution in [0.1, 0.15) is 48.9 Å². The van der Waals surface area contributed by atoms with Crippen LogP contribution in [0.4, 0.5) is 0 Å². The van der Waals surface area contributed by atoms with E-state index in [0.29, 0.717) is 0 Å². The Morgan fingerprint density at radius 1 is 0.677 bits per heavy atom. The first-order valence-corrected chi connectivity index (χ1v) is 10.9. The summed E-state index contributed by atoms with van der Waals surface area (Å²) in [5, 5.41) is 0. The van der Waals surface area contributed by atoms with E-state index < -0.39 is 0 Å². The van der Waals surface area contributed by atoms with E-state index in [4.69, 9.17) is 0 Å². The molecule has 0 spiro atoms. The molecule has 1 aliphatic rings. The van der Waals surface area contributed by atoms with Crippen LogP contribution in [0.15, 0.2) is 85.2 Å². The zero-order valence-electron chi connectivity index (χ0n) is 17.9. The molecule has 2 aromatic carbocycles. The van der Waals surface area contributed by atoms with Gasteiger partial charge in [-0.25, -0.2) is 0 Å². The van der Waals surface area contributed by atoms with E-state index in [1.807, 2.05) is 36.5 Å². The quantitative estimate of drug-likeness (QED) is 0.361. The highest BCUT2D eigenvalue weighted by molar-refractivity contribution is 5.81. The van der Waals surface area contributed by atoms with Gasteiger partial charge in [0.25, 0.3) is 0 Å². The lowest BCUT2D eigenvalue weighted by Gasteiger charge is -2.29. The first kappa shape index (κ1) is 19.3. The van der Waals surface area contributed by atoms with Gasteiger partial charge in [0.15, 0.2) is 0 Å². The maximum Gasteiger partial charge on any atom is 0.0887 e. The van der Waals surface area contributed by atoms with Gasteiger partial charge >= 0.3 is 0 Å². The molecular formula is C29H24N2. The zero-order chi connectivity index (χ0) is 21.3. The van der Waals surface area contributed by atoms with Crippen molar-refractivity contribution >= 4 is 0 Å². The molecule has 2 aromatic heterocycles. The number of hydrogen-bond donors (Lipinski definition) is 0. The Balaban J connectivity index is 1.48. The molecule has 1 aliphatic carbocycles. The highest BCUT2D eigenvalue weighted by atomic mass is 14.8. The van der Waals surface area contributed by atoms with Crippen molar-refractivity contribution in [3.8, 4) is 34.4 Å². The van der Waals surface area contributed by atoms with E-state index in [2.05, 4.69) is 78.1 Å². The highest BCUT2D eigenvalue weighted by Gasteiger charge is 2.40. The molecule has 4 aromatic rings. The number of hydrogen-bond acceptors (Lipinski definition) is 2. The third-order valence-electron chi connectivity index (χ3n) is 6.52. The van der Waals surface area contributed by atoms with Crippen LogP contribution in [-0.2, 0) is 5.41 Å². The van der Waals surface area contributed by atoms with Crippen LogP contribution < -0.4 is 0 Å². The summed E-state index contributed by atoms with van der Waals surface area (Å²) in [5.41, 5.74) is 9.35. The lowest BCUT2D eigenvalue weighted by Crippen LogP contribution is -2.23. The zero-order valence-corrected chi connectivity index (χ0v) is 17.9. The molecule has 0 N–H and O–H groups in total. The van der Waals surface area contributed by atoms with Gasteiger partial charge in [0.2, 0.25) is 0 Å². The van der Waals surface area contributed by atoms with Crippen LogP contribution in [0.3, 0.4) is 0 Å². The van der Waals surface area contributed by atoms with Crippen molar-refractivity contribution in [2.45, 2.75) is 32.1 Å². The van der Waals surface area contributed by atoms with Crippen molar-refractivity contribution in [2.75, 3.05) is 0 Å². The molecule has 0 bridgehead atoms. The molecule has 0 saturated carbocycles. The van der Waals surface area contributed by atoms with Gasteiger partial charge in [-0.1, -0.05) is 62.1 Å². The van der Waals surface area contributed by atoms with Gasteiger partial charge < -0.3 is 0 Å². The van der Waals surface area contributed by atoms with Crippen molar-refractivity contribution in [1.29, 1.82) is 0 Å². The van der Waals surface area contributed by atoms with Crippen molar-refractivity contribution < 1.29 is 0 Å². The number of fused-ring (bicyclic) bond motifs is 3. The summed E-state index contributed by atoms with van der Waals surface area (Å²) in [5.74, 6) is 6.64. The summed E-state index contributed by atoms with van der Waals surface area (Å²) < 4.78 is 0. The molecular weight excluding hydrogens is 376 g/mol. The Morgan fingerprint density at radius 3 is 2.13 bits per heavy atom. The van der Waals surface area contributed by atoms with Gasteiger partial charge in [0.1, 0.15) is 0 Å². The smallest absolute Gasteiger partial charge is 0.0887 e. The molecule has 0 aliphatic heterocycles. The lowest BCUT2D eigenvalue weighted by atomic mass is 9.73. The molecule has 2 heteroatoms. The summed E-state index contributed by atoms with van der Waals surface area (Å²) in [6.07, 6.45) is 5.78. The number of aromatic nitrogens is 2. The second-order valence-electron chi connectivity index (χ2n) is 7.99. The fourth-order valence-corrected chi connectivity index (χ4v) is 4.82. The van der Waals surface area contributed by atoms with Crippen LogP contribution in [0.2, 0.25) is 0 Å². The molecule has 150 valence electrons. The van der Waals surface area contributed by atoms with Crippen LogP contribution in [0.25, 0.3) is 22.5 Å². The van der Waals surface area contributed by atoms with E-state index in [-0.39, 0.29) is 5.41 Å². The lowest BCUT2D eigenvalue weighted by molar-refractivity contribution is 0.490. The summed E-state index contributed by atoms with van der Waals surface area (Å²) >= 11 is 0. The summed E-state index contributed by atoms with van der Waals surface area (Å²) in [4.78, 5) is 8.88. The third-order valence-corrected chi connectivity index (χ3v) is 6.52. The first-order chi connectivity index (χ1) is 15.2. The minimum atomic E-state index is 0.0789. The minimum Gasteiger partial charge on any atom is -0.255 e. The highest BCUT2D eigenvalue weighted by Crippen LogP contribution is 2.52. The molecule has 2 nitrogen and oxygen atoms in total. The van der Waals surface area contributed by atoms with Crippen LogP contribution >= 0.6 is 0 Å². The summed E-state index contributed by atoms with van der Waals surface area (Å²) in [6, 6.07) is 25.3. The normalized spacial score (nSPS) is 13.1. The summed E-state index contributed by atoms with van der Waals surface area (Å²) in [6.45, 7) is 4.59. The Kier molecular flexibility index (Phi) is 4.88. The standard InChI is InChI=1S/C29H24N2/c1-3-29(4-2)25-10-6-5-9-23(25)24-16-14-21(19-26(24)29)12-13-22-15-17-28(31-20-22)27-11-7-8-18-30-27/h5-11,14-20H,3-4H2,1-2H3. The maximum absolute atomic E-state index is 4.53. The fraction of sp³-hybridized carbons (Fsp3) is 0.172. The van der Waals surface area contributed by atoms with Crippen molar-refractivity contribution in [3.63, 3.8) is 0 Å². The van der Waals surface area contributed by atoms with Crippen molar-refractivity contribution in [2.24, 2.45) is 0 Å². The van der Waals surface area contributed by atoms with Crippen molar-refractivity contribution in [1.82, 2.24) is 9.97 Å². The second kappa shape index (κ2) is 7.85. The molecule has 31 heavy (non-hydrogen) atoms. The average molecular weight is 401 g/mol. The molecule has 0 radical (unpaired) electrons. The topological polar surface area (TPSA) is 25.8 Å². The average Bonchev–Trinajstić information content (AvgIpc) is 3.13. The van der Waals surface area contributed by atoms with Crippen LogP contribution in [-0.4, -0.2) is 9.97 Å². The number of rotatable bonds is 3. The first-order valence-electron chi connectivity index (χ1n) is 10.9. The second-order valence-corrected chi connectivity index (χ2v) is 7.99. The predicted octanol–water partition coefficient (Wildman–Crippen LogP) is 6.63. The van der Waals surface area contributed by atoms with E-state index in [1.54, 1.807) is 6.20 Å². The van der Waals surface area contributed by atoms with Gasteiger partial charge in [-0.15, -0.1) is 0 Å². The minimum absolute atomic E-state index is 0.0789. The largest absolute Gasteiger partial charge is 0.255 e. The Hall–Kier alpha value is -3.70. The molecule has 0 fully saturated rings. The van der Waals surface area contributed by atoms with Gasteiger partial charge in [-0.05, 0) is 71.5 Å². The summed E-state index contributed by atoms with van der Waals surface area (Å²) in [7, 11) is 0. The number of nitrogens with zero attached hydrogens (tertiary/aromatic N) is 2. The molecule has 5 rings (SSSR count). The van der Waals surface area contributed by atoms with Crippen LogP contribution in [0, 0.1) is 11.8 Å². The third kappa shape index (κ3) is 3.23. The predicted molar refractivity (Wildman–Crippen MR) is 127 cm³/mol. The number of benzene rings is 2. The van der Waals surface area contributed by atoms with Gasteiger partial charge in [-0.2, -0.15) is 0 Å². The number of pyridine rings is 2. The van der Waals surface area contributed by atoms with Crippen LogP contribution in [0.5, 0.6) is 0 Å². The van der Waals surface area contributed by atoms with E-state index in [0.717, 1.165) is 35.4 Å². The molecule has 2 heterocycles. The SMILES string of the molecule is CCC1(CC)c2ccccc2-c2ccc(C#Cc3ccc(-c4ccccn4)nc3)cc21. The van der Waals surface area contributed by atoms with E-state index in [9.17, 15) is 0 Å². The maximum atomic E-state index is 4.53. The van der Waals surface area contributed by atoms with Gasteiger partial charge in [0.05, 0.1) is 11.4 Å². The molecule has 0 atom stereocenters.